The minimum Gasteiger partial charge on any atom is -0.507 e. The molecular weight excluding hydrogens is 302 g/mol. The number of hydrogen-bond acceptors (Lipinski definition) is 4. The Hall–Kier alpha value is -1.76. The molecule has 1 aliphatic heterocycles. The van der Waals surface area contributed by atoms with Crippen LogP contribution in [0.15, 0.2) is 36.4 Å². The Kier molecular flexibility index (Phi) is 4.48. The third kappa shape index (κ3) is 3.02. The molecule has 1 saturated heterocycles. The SMILES string of the molecule is OCC(F)(F)[C@H](c1ccc(O)c2ccccc12)N1CCNCC1. The zero-order valence-corrected chi connectivity index (χ0v) is 12.7. The van der Waals surface area contributed by atoms with Gasteiger partial charge < -0.3 is 15.5 Å². The highest BCUT2D eigenvalue weighted by Crippen LogP contribution is 2.41. The van der Waals surface area contributed by atoms with Crippen molar-refractivity contribution in [2.45, 2.75) is 12.0 Å². The van der Waals surface area contributed by atoms with Crippen molar-refractivity contribution in [1.29, 1.82) is 0 Å². The maximum absolute atomic E-state index is 14.5. The summed E-state index contributed by atoms with van der Waals surface area (Å²) >= 11 is 0. The molecule has 2 aromatic carbocycles. The fraction of sp³-hybridized carbons (Fsp3) is 0.412. The summed E-state index contributed by atoms with van der Waals surface area (Å²) in [5.41, 5.74) is 0.430. The van der Waals surface area contributed by atoms with Gasteiger partial charge in [0.05, 0.1) is 0 Å². The minimum absolute atomic E-state index is 0.0655. The fourth-order valence-corrected chi connectivity index (χ4v) is 3.26. The molecule has 1 atom stereocenters. The van der Waals surface area contributed by atoms with E-state index in [1.54, 1.807) is 29.2 Å². The molecule has 1 fully saturated rings. The maximum atomic E-state index is 14.5. The molecule has 0 radical (unpaired) electrons. The quantitative estimate of drug-likeness (QED) is 0.807. The van der Waals surface area contributed by atoms with E-state index in [9.17, 15) is 19.0 Å². The van der Waals surface area contributed by atoms with Gasteiger partial charge in [0, 0.05) is 31.6 Å². The molecule has 1 aliphatic rings. The third-order valence-electron chi connectivity index (χ3n) is 4.36. The van der Waals surface area contributed by atoms with E-state index < -0.39 is 18.6 Å². The summed E-state index contributed by atoms with van der Waals surface area (Å²) in [6.07, 6.45) is 0. The second kappa shape index (κ2) is 6.39. The van der Waals surface area contributed by atoms with Crippen molar-refractivity contribution in [1.82, 2.24) is 10.2 Å². The number of piperazine rings is 1. The zero-order valence-electron chi connectivity index (χ0n) is 12.7. The van der Waals surface area contributed by atoms with Gasteiger partial charge in [0.25, 0.3) is 5.92 Å². The van der Waals surface area contributed by atoms with Crippen LogP contribution in [0.2, 0.25) is 0 Å². The highest BCUT2D eigenvalue weighted by molar-refractivity contribution is 5.91. The second-order valence-electron chi connectivity index (χ2n) is 5.83. The number of nitrogens with one attached hydrogen (secondary N) is 1. The predicted molar refractivity (Wildman–Crippen MR) is 84.8 cm³/mol. The van der Waals surface area contributed by atoms with Gasteiger partial charge in [-0.05, 0) is 17.0 Å². The van der Waals surface area contributed by atoms with Gasteiger partial charge in [-0.1, -0.05) is 30.3 Å². The van der Waals surface area contributed by atoms with Gasteiger partial charge in [0.1, 0.15) is 18.4 Å². The van der Waals surface area contributed by atoms with Gasteiger partial charge in [-0.15, -0.1) is 0 Å². The number of aromatic hydroxyl groups is 1. The normalized spacial score (nSPS) is 18.2. The van der Waals surface area contributed by atoms with E-state index in [4.69, 9.17) is 0 Å². The summed E-state index contributed by atoms with van der Waals surface area (Å²) in [4.78, 5) is 1.70. The van der Waals surface area contributed by atoms with Crippen molar-refractivity contribution in [2.75, 3.05) is 32.8 Å². The van der Waals surface area contributed by atoms with E-state index in [1.165, 1.54) is 12.1 Å². The fourth-order valence-electron chi connectivity index (χ4n) is 3.26. The van der Waals surface area contributed by atoms with Crippen LogP contribution in [-0.4, -0.2) is 53.8 Å². The molecule has 3 N–H and O–H groups in total. The molecule has 0 amide bonds. The van der Waals surface area contributed by atoms with E-state index in [0.717, 1.165) is 0 Å². The average Bonchev–Trinajstić information content (AvgIpc) is 2.58. The first-order valence-corrected chi connectivity index (χ1v) is 7.68. The molecule has 6 heteroatoms. The Morgan fingerprint density at radius 3 is 2.39 bits per heavy atom. The predicted octanol–water partition coefficient (Wildman–Crippen LogP) is 2.12. The van der Waals surface area contributed by atoms with Crippen molar-refractivity contribution >= 4 is 10.8 Å². The molecule has 0 aromatic heterocycles. The van der Waals surface area contributed by atoms with Gasteiger partial charge in [0.2, 0.25) is 0 Å². The van der Waals surface area contributed by atoms with Crippen LogP contribution >= 0.6 is 0 Å². The first-order valence-electron chi connectivity index (χ1n) is 7.68. The van der Waals surface area contributed by atoms with E-state index in [-0.39, 0.29) is 5.75 Å². The number of benzene rings is 2. The lowest BCUT2D eigenvalue weighted by molar-refractivity contribution is -0.118. The Balaban J connectivity index is 2.15. The van der Waals surface area contributed by atoms with Gasteiger partial charge in [-0.2, -0.15) is 0 Å². The topological polar surface area (TPSA) is 55.7 Å². The van der Waals surface area contributed by atoms with Crippen molar-refractivity contribution < 1.29 is 19.0 Å². The zero-order chi connectivity index (χ0) is 16.4. The van der Waals surface area contributed by atoms with Crippen LogP contribution in [0.4, 0.5) is 8.78 Å². The molecular formula is C17H20F2N2O2. The Bertz CT molecular complexity index is 687. The lowest BCUT2D eigenvalue weighted by Crippen LogP contribution is -2.51. The number of hydrogen-bond donors (Lipinski definition) is 3. The second-order valence-corrected chi connectivity index (χ2v) is 5.83. The molecule has 124 valence electrons. The summed E-state index contributed by atoms with van der Waals surface area (Å²) < 4.78 is 29.1. The molecule has 3 rings (SSSR count). The molecule has 2 aromatic rings. The molecule has 23 heavy (non-hydrogen) atoms. The standard InChI is InChI=1S/C17H20F2N2O2/c18-17(19,11-22)16(21-9-7-20-8-10-21)14-5-6-15(23)13-4-2-1-3-12(13)14/h1-6,16,20,22-23H,7-11H2/t16-/m0/s1. The first kappa shape index (κ1) is 16.1. The smallest absolute Gasteiger partial charge is 0.289 e. The van der Waals surface area contributed by atoms with E-state index in [1.807, 2.05) is 0 Å². The van der Waals surface area contributed by atoms with Crippen LogP contribution in [0, 0.1) is 0 Å². The van der Waals surface area contributed by atoms with Gasteiger partial charge >= 0.3 is 0 Å². The summed E-state index contributed by atoms with van der Waals surface area (Å²) in [5.74, 6) is -3.20. The Labute approximate surface area is 133 Å². The number of phenolic OH excluding ortho intramolecular Hbond substituents is 1. The van der Waals surface area contributed by atoms with Gasteiger partial charge in [-0.25, -0.2) is 8.78 Å². The number of alkyl halides is 2. The molecule has 1 heterocycles. The Morgan fingerprint density at radius 1 is 1.09 bits per heavy atom. The number of halogens is 2. The minimum atomic E-state index is -3.27. The third-order valence-corrected chi connectivity index (χ3v) is 4.36. The van der Waals surface area contributed by atoms with Crippen molar-refractivity contribution in [3.8, 4) is 5.75 Å². The average molecular weight is 322 g/mol. The van der Waals surface area contributed by atoms with E-state index >= 15 is 0 Å². The highest BCUT2D eigenvalue weighted by atomic mass is 19.3. The van der Waals surface area contributed by atoms with Crippen LogP contribution in [0.25, 0.3) is 10.8 Å². The largest absolute Gasteiger partial charge is 0.507 e. The van der Waals surface area contributed by atoms with Crippen molar-refractivity contribution in [2.24, 2.45) is 0 Å². The van der Waals surface area contributed by atoms with Crippen LogP contribution in [0.3, 0.4) is 0 Å². The lowest BCUT2D eigenvalue weighted by atomic mass is 9.92. The summed E-state index contributed by atoms with van der Waals surface area (Å²) in [5, 5.41) is 23.5. The monoisotopic (exact) mass is 322 g/mol. The number of aliphatic hydroxyl groups excluding tert-OH is 1. The molecule has 0 unspecified atom stereocenters. The van der Waals surface area contributed by atoms with Crippen molar-refractivity contribution in [3.63, 3.8) is 0 Å². The Morgan fingerprint density at radius 2 is 1.74 bits per heavy atom. The molecule has 4 nitrogen and oxygen atoms in total. The summed E-state index contributed by atoms with van der Waals surface area (Å²) in [6.45, 7) is 1.02. The maximum Gasteiger partial charge on any atom is 0.289 e. The van der Waals surface area contributed by atoms with Gasteiger partial charge in [0.15, 0.2) is 0 Å². The van der Waals surface area contributed by atoms with Gasteiger partial charge in [-0.3, -0.25) is 4.90 Å². The number of rotatable bonds is 4. The van der Waals surface area contributed by atoms with E-state index in [2.05, 4.69) is 5.32 Å². The number of fused-ring (bicyclic) bond motifs is 1. The molecule has 0 saturated carbocycles. The van der Waals surface area contributed by atoms with Crippen LogP contribution in [0.5, 0.6) is 5.75 Å². The number of aliphatic hydroxyl groups is 1. The number of phenols is 1. The summed E-state index contributed by atoms with van der Waals surface area (Å²) in [7, 11) is 0. The molecule has 0 bridgehead atoms. The molecule has 0 spiro atoms. The lowest BCUT2D eigenvalue weighted by Gasteiger charge is -2.39. The highest BCUT2D eigenvalue weighted by Gasteiger charge is 2.44. The first-order chi connectivity index (χ1) is 11.0. The number of nitrogens with zero attached hydrogens (tertiary/aromatic N) is 1. The molecule has 0 aliphatic carbocycles. The van der Waals surface area contributed by atoms with Crippen LogP contribution in [0.1, 0.15) is 11.6 Å². The van der Waals surface area contributed by atoms with Crippen LogP contribution in [-0.2, 0) is 0 Å². The van der Waals surface area contributed by atoms with E-state index in [0.29, 0.717) is 42.5 Å². The van der Waals surface area contributed by atoms with Crippen LogP contribution < -0.4 is 5.32 Å². The summed E-state index contributed by atoms with van der Waals surface area (Å²) in [6, 6.07) is 8.72. The van der Waals surface area contributed by atoms with Crippen molar-refractivity contribution in [3.05, 3.63) is 42.0 Å².